The van der Waals surface area contributed by atoms with Crippen LogP contribution in [0.3, 0.4) is 0 Å². The number of hydrogen-bond donors (Lipinski definition) is 6. The number of ether oxygens (including phenoxy) is 3. The summed E-state index contributed by atoms with van der Waals surface area (Å²) in [4.78, 5) is 26.5. The third kappa shape index (κ3) is 40.7. The predicted molar refractivity (Wildman–Crippen MR) is 324 cm³/mol. The van der Waals surface area contributed by atoms with E-state index in [9.17, 15) is 35.1 Å². The van der Waals surface area contributed by atoms with Gasteiger partial charge in [0.1, 0.15) is 24.4 Å². The van der Waals surface area contributed by atoms with Crippen molar-refractivity contribution in [2.24, 2.45) is 0 Å². The van der Waals surface area contributed by atoms with Gasteiger partial charge in [0, 0.05) is 6.42 Å². The van der Waals surface area contributed by atoms with Crippen molar-refractivity contribution in [3.63, 3.8) is 0 Å². The van der Waals surface area contributed by atoms with Crippen LogP contribution in [-0.4, -0.2) is 99.6 Å². The second-order valence-electron chi connectivity index (χ2n) is 20.1. The normalized spacial score (nSPS) is 20.0. The number of aliphatic hydroxyl groups is 5. The molecule has 0 aromatic rings. The summed E-state index contributed by atoms with van der Waals surface area (Å²) >= 11 is 0. The summed E-state index contributed by atoms with van der Waals surface area (Å²) in [6.07, 6.45) is 66.1. The van der Waals surface area contributed by atoms with Gasteiger partial charge >= 0.3 is 5.97 Å². The molecule has 11 nitrogen and oxygen atoms in total. The summed E-state index contributed by atoms with van der Waals surface area (Å²) in [6.45, 7) is 5.45. The van der Waals surface area contributed by atoms with Crippen LogP contribution < -0.4 is 5.32 Å². The first-order chi connectivity index (χ1) is 38.2. The summed E-state index contributed by atoms with van der Waals surface area (Å²) in [5.41, 5.74) is 0. The standard InChI is InChI=1S/C67H107NO10/c1-4-7-10-13-16-19-22-25-26-27-28-29-30-31-32-33-34-35-37-39-42-45-48-51-54-60(71)66(75)68-58(59(70)53-50-47-44-41-38-24-21-18-15-12-9-6-3)57-76-67-65(64(74)63(73)61(56-69)77-67)78-62(72)55-52-49-46-43-40-36-23-20-17-14-11-8-5-2/h7-8,10-11,14,16-17,19-20,23,25-26,28-29,31-32,34-36,40,43,46,50,53,58-61,63-65,67,69-71,73-74H,4-6,9,12-13,15,18,21-22,24,27,30,33,37-39,41-42,44-45,47-49,51-52,54-57H2,1-3H3,(H,68,75)/b10-7-,11-8+,17-14+,19-16-,23-20-,26-25-,29-28-,32-31-,35-34-,40-36-,46-43+,53-50+. The Bertz CT molecular complexity index is 1820. The smallest absolute Gasteiger partial charge is 0.306 e. The number of nitrogens with one attached hydrogen (secondary N) is 1. The van der Waals surface area contributed by atoms with Gasteiger partial charge in [0.05, 0.1) is 25.4 Å². The number of esters is 1. The van der Waals surface area contributed by atoms with Crippen LogP contribution >= 0.6 is 0 Å². The van der Waals surface area contributed by atoms with Crippen molar-refractivity contribution >= 4 is 11.9 Å². The average Bonchev–Trinajstić information content (AvgIpc) is 3.45. The molecule has 0 aromatic heterocycles. The molecular weight excluding hydrogens is 979 g/mol. The van der Waals surface area contributed by atoms with Gasteiger partial charge in [-0.1, -0.05) is 250 Å². The minimum atomic E-state index is -1.65. The van der Waals surface area contributed by atoms with Crippen molar-refractivity contribution in [3.05, 3.63) is 146 Å². The molecule has 8 atom stereocenters. The average molecular weight is 1090 g/mol. The number of carbonyl (C=O) groups is 2. The van der Waals surface area contributed by atoms with Crippen molar-refractivity contribution in [1.82, 2.24) is 5.32 Å². The summed E-state index contributed by atoms with van der Waals surface area (Å²) in [6, 6.07) is -1.06. The zero-order valence-corrected chi connectivity index (χ0v) is 48.5. The SMILES string of the molecule is CC/C=C\C/C=C\C/C=C\C/C=C\C/C=C\C/C=C\CCCCCCCC(O)C(=O)NC(COC1OC(CO)C(O)C(O)C1OC(=O)CCC/C=C/C=C\C=C/C=C/C=C/CC)C(O)/C=C/CCCCCCCCCCCC. The zero-order chi connectivity index (χ0) is 56.8. The van der Waals surface area contributed by atoms with Crippen LogP contribution in [0.1, 0.15) is 201 Å². The van der Waals surface area contributed by atoms with E-state index >= 15 is 0 Å². The van der Waals surface area contributed by atoms with E-state index in [0.29, 0.717) is 19.3 Å². The molecule has 0 spiro atoms. The maximum atomic E-state index is 13.4. The molecule has 0 bridgehead atoms. The molecule has 11 heteroatoms. The first kappa shape index (κ1) is 71.6. The molecule has 6 N–H and O–H groups in total. The summed E-state index contributed by atoms with van der Waals surface area (Å²) in [7, 11) is 0. The molecule has 1 heterocycles. The van der Waals surface area contributed by atoms with E-state index in [4.69, 9.17) is 14.2 Å². The van der Waals surface area contributed by atoms with Crippen molar-refractivity contribution in [1.29, 1.82) is 0 Å². The van der Waals surface area contributed by atoms with Gasteiger partial charge < -0.3 is 45.1 Å². The fourth-order valence-corrected chi connectivity index (χ4v) is 8.39. The van der Waals surface area contributed by atoms with Gasteiger partial charge in [-0.25, -0.2) is 0 Å². The van der Waals surface area contributed by atoms with Crippen LogP contribution in [0.5, 0.6) is 0 Å². The van der Waals surface area contributed by atoms with E-state index < -0.39 is 67.4 Å². The van der Waals surface area contributed by atoms with Gasteiger partial charge in [-0.05, 0) is 89.9 Å². The van der Waals surface area contributed by atoms with E-state index in [0.717, 1.165) is 103 Å². The number of unbranched alkanes of at least 4 members (excludes halogenated alkanes) is 16. The number of aliphatic hydroxyl groups excluding tert-OH is 5. The molecule has 8 unspecified atom stereocenters. The fourth-order valence-electron chi connectivity index (χ4n) is 8.39. The second kappa shape index (κ2) is 53.2. The molecule has 440 valence electrons. The molecule has 0 aliphatic carbocycles. The van der Waals surface area contributed by atoms with Crippen LogP contribution in [-0.2, 0) is 23.8 Å². The maximum Gasteiger partial charge on any atom is 0.306 e. The Kier molecular flexibility index (Phi) is 48.8. The molecule has 1 amide bonds. The highest BCUT2D eigenvalue weighted by molar-refractivity contribution is 5.80. The van der Waals surface area contributed by atoms with Crippen LogP contribution in [0.4, 0.5) is 0 Å². The summed E-state index contributed by atoms with van der Waals surface area (Å²) in [5.74, 6) is -1.30. The second-order valence-corrected chi connectivity index (χ2v) is 20.1. The Balaban J connectivity index is 2.72. The Morgan fingerprint density at radius 2 is 0.987 bits per heavy atom. The lowest BCUT2D eigenvalue weighted by atomic mass is 9.99. The van der Waals surface area contributed by atoms with Crippen molar-refractivity contribution < 1.29 is 49.3 Å². The van der Waals surface area contributed by atoms with E-state index in [1.165, 1.54) is 44.9 Å². The van der Waals surface area contributed by atoms with Gasteiger partial charge in [-0.15, -0.1) is 0 Å². The van der Waals surface area contributed by atoms with Gasteiger partial charge in [0.25, 0.3) is 0 Å². The van der Waals surface area contributed by atoms with Crippen LogP contribution in [0, 0.1) is 0 Å². The van der Waals surface area contributed by atoms with E-state index in [1.54, 1.807) is 6.08 Å². The monoisotopic (exact) mass is 1090 g/mol. The molecule has 0 saturated carbocycles. The van der Waals surface area contributed by atoms with Crippen LogP contribution in [0.15, 0.2) is 146 Å². The first-order valence-corrected chi connectivity index (χ1v) is 30.2. The number of rotatable bonds is 48. The predicted octanol–water partition coefficient (Wildman–Crippen LogP) is 14.2. The fraction of sp³-hybridized carbons (Fsp3) is 0.612. The van der Waals surface area contributed by atoms with Crippen molar-refractivity contribution in [2.45, 2.75) is 250 Å². The van der Waals surface area contributed by atoms with E-state index in [-0.39, 0.29) is 19.4 Å². The molecule has 1 aliphatic heterocycles. The Morgan fingerprint density at radius 1 is 0.526 bits per heavy atom. The molecule has 0 aromatic carbocycles. The van der Waals surface area contributed by atoms with Gasteiger partial charge in [-0.3, -0.25) is 9.59 Å². The van der Waals surface area contributed by atoms with Crippen LogP contribution in [0.2, 0.25) is 0 Å². The molecule has 0 radical (unpaired) electrons. The van der Waals surface area contributed by atoms with Crippen molar-refractivity contribution in [3.8, 4) is 0 Å². The number of allylic oxidation sites excluding steroid dienone is 23. The van der Waals surface area contributed by atoms with Crippen LogP contribution in [0.25, 0.3) is 0 Å². The lowest BCUT2D eigenvalue weighted by molar-refractivity contribution is -0.305. The largest absolute Gasteiger partial charge is 0.454 e. The number of amides is 1. The molecular formula is C67H107NO10. The maximum absolute atomic E-state index is 13.4. The molecule has 1 aliphatic rings. The lowest BCUT2D eigenvalue weighted by Crippen LogP contribution is -2.61. The van der Waals surface area contributed by atoms with Gasteiger partial charge in [-0.2, -0.15) is 0 Å². The molecule has 1 fully saturated rings. The third-order valence-corrected chi connectivity index (χ3v) is 13.1. The summed E-state index contributed by atoms with van der Waals surface area (Å²) in [5, 5.41) is 56.8. The Morgan fingerprint density at radius 3 is 1.53 bits per heavy atom. The van der Waals surface area contributed by atoms with Gasteiger partial charge in [0.15, 0.2) is 12.4 Å². The van der Waals surface area contributed by atoms with E-state index in [1.807, 2.05) is 60.8 Å². The Labute approximate surface area is 473 Å². The topological polar surface area (TPSA) is 175 Å². The lowest BCUT2D eigenvalue weighted by Gasteiger charge is -2.41. The highest BCUT2D eigenvalue weighted by atomic mass is 16.7. The highest BCUT2D eigenvalue weighted by Crippen LogP contribution is 2.26. The quantitative estimate of drug-likeness (QED) is 0.0149. The third-order valence-electron chi connectivity index (χ3n) is 13.1. The number of carbonyl (C=O) groups excluding carboxylic acids is 2. The van der Waals surface area contributed by atoms with Crippen molar-refractivity contribution in [2.75, 3.05) is 13.2 Å². The minimum Gasteiger partial charge on any atom is -0.454 e. The molecule has 1 rings (SSSR count). The van der Waals surface area contributed by atoms with E-state index in [2.05, 4.69) is 105 Å². The zero-order valence-electron chi connectivity index (χ0n) is 48.5. The first-order valence-electron chi connectivity index (χ1n) is 30.2. The molecule has 1 saturated heterocycles. The molecule has 78 heavy (non-hydrogen) atoms. The Hall–Kier alpha value is -4.46. The highest BCUT2D eigenvalue weighted by Gasteiger charge is 2.47. The van der Waals surface area contributed by atoms with Gasteiger partial charge in [0.2, 0.25) is 5.91 Å². The summed E-state index contributed by atoms with van der Waals surface area (Å²) < 4.78 is 17.5. The minimum absolute atomic E-state index is 0.0168. The number of hydrogen-bond acceptors (Lipinski definition) is 10.